The minimum absolute atomic E-state index is 0.294. The molecule has 0 saturated carbocycles. The number of benzene rings is 1. The van der Waals surface area contributed by atoms with Crippen molar-refractivity contribution in [1.82, 2.24) is 0 Å². The maximum Gasteiger partial charge on any atom is 0.303 e. The Morgan fingerprint density at radius 3 is 2.60 bits per heavy atom. The fourth-order valence-electron chi connectivity index (χ4n) is 1.39. The summed E-state index contributed by atoms with van der Waals surface area (Å²) in [5, 5.41) is 17.8. The van der Waals surface area contributed by atoms with Crippen LogP contribution >= 0.6 is 0 Å². The van der Waals surface area contributed by atoms with Crippen molar-refractivity contribution in [3.63, 3.8) is 0 Å². The van der Waals surface area contributed by atoms with Gasteiger partial charge in [0.1, 0.15) is 5.75 Å². The third-order valence-electron chi connectivity index (χ3n) is 2.08. The van der Waals surface area contributed by atoms with Crippen LogP contribution in [0.1, 0.15) is 24.8 Å². The van der Waals surface area contributed by atoms with Gasteiger partial charge in [-0.15, -0.1) is 0 Å². The highest BCUT2D eigenvalue weighted by molar-refractivity contribution is 5.68. The van der Waals surface area contributed by atoms with Crippen molar-refractivity contribution in [2.24, 2.45) is 0 Å². The SMILES string of the molecule is CC(CC(=O)O)c1c(O)ccc(F)c1F. The summed E-state index contributed by atoms with van der Waals surface area (Å²) in [7, 11) is 0. The molecule has 0 bridgehead atoms. The van der Waals surface area contributed by atoms with Gasteiger partial charge in [-0.25, -0.2) is 8.78 Å². The number of carboxylic acids is 1. The van der Waals surface area contributed by atoms with Gasteiger partial charge in [0.2, 0.25) is 0 Å². The first-order valence-electron chi connectivity index (χ1n) is 4.32. The van der Waals surface area contributed by atoms with Crippen LogP contribution in [0.4, 0.5) is 8.78 Å². The van der Waals surface area contributed by atoms with Gasteiger partial charge >= 0.3 is 5.97 Å². The molecule has 5 heteroatoms. The number of phenolic OH excluding ortho intramolecular Hbond substituents is 1. The normalized spacial score (nSPS) is 12.5. The average molecular weight is 216 g/mol. The molecule has 0 amide bonds. The third kappa shape index (κ3) is 2.43. The summed E-state index contributed by atoms with van der Waals surface area (Å²) in [6.45, 7) is 1.41. The highest BCUT2D eigenvalue weighted by atomic mass is 19.2. The van der Waals surface area contributed by atoms with Gasteiger partial charge in [-0.1, -0.05) is 6.92 Å². The first-order chi connectivity index (χ1) is 6.93. The highest BCUT2D eigenvalue weighted by Crippen LogP contribution is 2.31. The summed E-state index contributed by atoms with van der Waals surface area (Å²) in [4.78, 5) is 10.4. The van der Waals surface area contributed by atoms with Crippen molar-refractivity contribution >= 4 is 5.97 Å². The Morgan fingerprint density at radius 1 is 1.47 bits per heavy atom. The Morgan fingerprint density at radius 2 is 2.07 bits per heavy atom. The second kappa shape index (κ2) is 4.25. The van der Waals surface area contributed by atoms with E-state index in [1.165, 1.54) is 6.92 Å². The minimum Gasteiger partial charge on any atom is -0.508 e. The second-order valence-electron chi connectivity index (χ2n) is 3.29. The average Bonchev–Trinajstić information content (AvgIpc) is 2.11. The van der Waals surface area contributed by atoms with E-state index in [1.54, 1.807) is 0 Å². The van der Waals surface area contributed by atoms with E-state index in [0.717, 1.165) is 12.1 Å². The molecule has 15 heavy (non-hydrogen) atoms. The molecule has 0 heterocycles. The van der Waals surface area contributed by atoms with Crippen LogP contribution in [0.3, 0.4) is 0 Å². The van der Waals surface area contributed by atoms with Gasteiger partial charge in [0.25, 0.3) is 0 Å². The van der Waals surface area contributed by atoms with E-state index in [9.17, 15) is 18.7 Å². The summed E-state index contributed by atoms with van der Waals surface area (Å²) in [5.41, 5.74) is -0.294. The first kappa shape index (κ1) is 11.4. The first-order valence-corrected chi connectivity index (χ1v) is 4.32. The van der Waals surface area contributed by atoms with E-state index >= 15 is 0 Å². The molecule has 1 unspecified atom stereocenters. The maximum absolute atomic E-state index is 13.2. The monoisotopic (exact) mass is 216 g/mol. The molecule has 0 radical (unpaired) electrons. The summed E-state index contributed by atoms with van der Waals surface area (Å²) in [6, 6.07) is 1.80. The molecule has 0 aliphatic rings. The van der Waals surface area contributed by atoms with Crippen molar-refractivity contribution < 1.29 is 23.8 Å². The largest absolute Gasteiger partial charge is 0.508 e. The molecule has 0 aromatic heterocycles. The summed E-state index contributed by atoms with van der Waals surface area (Å²) < 4.78 is 26.1. The predicted molar refractivity (Wildman–Crippen MR) is 48.7 cm³/mol. The molecule has 82 valence electrons. The third-order valence-corrected chi connectivity index (χ3v) is 2.08. The number of aromatic hydroxyl groups is 1. The number of carbonyl (C=O) groups is 1. The number of hydrogen-bond donors (Lipinski definition) is 2. The summed E-state index contributed by atoms with van der Waals surface area (Å²) in [5.74, 6) is -4.63. The fourth-order valence-corrected chi connectivity index (χ4v) is 1.39. The standard InChI is InChI=1S/C10H10F2O3/c1-5(4-8(14)15)9-7(13)3-2-6(11)10(9)12/h2-3,5,13H,4H2,1H3,(H,14,15). The van der Waals surface area contributed by atoms with Crippen molar-refractivity contribution in [2.45, 2.75) is 19.3 Å². The molecule has 0 fully saturated rings. The molecule has 0 aliphatic carbocycles. The van der Waals surface area contributed by atoms with E-state index < -0.39 is 29.3 Å². The molecule has 0 saturated heterocycles. The Bertz CT molecular complexity index is 390. The van der Waals surface area contributed by atoms with Crippen molar-refractivity contribution in [3.05, 3.63) is 29.3 Å². The van der Waals surface area contributed by atoms with E-state index in [0.29, 0.717) is 0 Å². The maximum atomic E-state index is 13.2. The lowest BCUT2D eigenvalue weighted by atomic mass is 9.96. The van der Waals surface area contributed by atoms with Gasteiger partial charge in [0.05, 0.1) is 6.42 Å². The fraction of sp³-hybridized carbons (Fsp3) is 0.300. The van der Waals surface area contributed by atoms with Gasteiger partial charge in [-0.3, -0.25) is 4.79 Å². The molecule has 2 N–H and O–H groups in total. The van der Waals surface area contributed by atoms with Crippen LogP contribution in [0.15, 0.2) is 12.1 Å². The number of rotatable bonds is 3. The number of hydrogen-bond acceptors (Lipinski definition) is 2. The van der Waals surface area contributed by atoms with E-state index in [1.807, 2.05) is 0 Å². The smallest absolute Gasteiger partial charge is 0.303 e. The van der Waals surface area contributed by atoms with Gasteiger partial charge in [-0.05, 0) is 18.1 Å². The molecule has 1 rings (SSSR count). The summed E-state index contributed by atoms with van der Waals surface area (Å²) >= 11 is 0. The number of aliphatic carboxylic acids is 1. The summed E-state index contributed by atoms with van der Waals surface area (Å²) in [6.07, 6.45) is -0.367. The van der Waals surface area contributed by atoms with E-state index in [2.05, 4.69) is 0 Å². The topological polar surface area (TPSA) is 57.5 Å². The molecule has 3 nitrogen and oxygen atoms in total. The van der Waals surface area contributed by atoms with E-state index in [4.69, 9.17) is 5.11 Å². The Kier molecular flexibility index (Phi) is 3.24. The van der Waals surface area contributed by atoms with Crippen molar-refractivity contribution in [1.29, 1.82) is 0 Å². The molecule has 0 aliphatic heterocycles. The van der Waals surface area contributed by atoms with E-state index in [-0.39, 0.29) is 12.0 Å². The predicted octanol–water partition coefficient (Wildman–Crippen LogP) is 2.25. The molecule has 1 aromatic rings. The minimum atomic E-state index is -1.19. The van der Waals surface area contributed by atoms with Crippen LogP contribution in [0.2, 0.25) is 0 Å². The number of carboxylic acid groups (broad SMARTS) is 1. The second-order valence-corrected chi connectivity index (χ2v) is 3.29. The lowest BCUT2D eigenvalue weighted by Crippen LogP contribution is -2.06. The molecular weight excluding hydrogens is 206 g/mol. The van der Waals surface area contributed by atoms with Gasteiger partial charge < -0.3 is 10.2 Å². The highest BCUT2D eigenvalue weighted by Gasteiger charge is 2.20. The van der Waals surface area contributed by atoms with Crippen LogP contribution < -0.4 is 0 Å². The Labute approximate surface area is 85.0 Å². The van der Waals surface area contributed by atoms with Crippen LogP contribution in [-0.2, 0) is 4.79 Å². The number of halogens is 2. The van der Waals surface area contributed by atoms with Crippen LogP contribution in [0, 0.1) is 11.6 Å². The van der Waals surface area contributed by atoms with Crippen LogP contribution in [0.5, 0.6) is 5.75 Å². The Balaban J connectivity index is 3.12. The van der Waals surface area contributed by atoms with Crippen molar-refractivity contribution in [2.75, 3.05) is 0 Å². The zero-order valence-corrected chi connectivity index (χ0v) is 8.00. The van der Waals surface area contributed by atoms with Crippen LogP contribution in [0.25, 0.3) is 0 Å². The van der Waals surface area contributed by atoms with Gasteiger partial charge in [-0.2, -0.15) is 0 Å². The molecule has 1 atom stereocenters. The lowest BCUT2D eigenvalue weighted by Gasteiger charge is -2.12. The van der Waals surface area contributed by atoms with Crippen LogP contribution in [-0.4, -0.2) is 16.2 Å². The quantitative estimate of drug-likeness (QED) is 0.814. The van der Waals surface area contributed by atoms with Gasteiger partial charge in [0, 0.05) is 5.56 Å². The van der Waals surface area contributed by atoms with Gasteiger partial charge in [0.15, 0.2) is 11.6 Å². The zero-order chi connectivity index (χ0) is 11.6. The Hall–Kier alpha value is -1.65. The zero-order valence-electron chi connectivity index (χ0n) is 8.00. The molecular formula is C10H10F2O3. The molecule has 1 aromatic carbocycles. The lowest BCUT2D eigenvalue weighted by molar-refractivity contribution is -0.137. The molecule has 0 spiro atoms. The van der Waals surface area contributed by atoms with Crippen molar-refractivity contribution in [3.8, 4) is 5.75 Å². The number of phenols is 1.